The van der Waals surface area contributed by atoms with Gasteiger partial charge in [0.05, 0.1) is 16.1 Å². The zero-order chi connectivity index (χ0) is 16.4. The number of hydrogen-bond acceptors (Lipinski definition) is 3. The molecule has 116 valence electrons. The van der Waals surface area contributed by atoms with Crippen LogP contribution in [0.5, 0.6) is 5.75 Å². The standard InChI is InChI=1S/C17H13ClN2O3/c18-13-6-2-4-8-15(13)23-10-16(21)20-9-12(17(19)22)11-5-1-3-7-14(11)20/h1-9H,10H2,(H2,19,22). The van der Waals surface area contributed by atoms with Gasteiger partial charge < -0.3 is 10.5 Å². The van der Waals surface area contributed by atoms with Crippen LogP contribution in [0.25, 0.3) is 10.9 Å². The van der Waals surface area contributed by atoms with E-state index < -0.39 is 5.91 Å². The summed E-state index contributed by atoms with van der Waals surface area (Å²) in [6, 6.07) is 14.0. The van der Waals surface area contributed by atoms with Gasteiger partial charge in [-0.1, -0.05) is 41.9 Å². The number of para-hydroxylation sites is 2. The topological polar surface area (TPSA) is 74.3 Å². The molecule has 2 aromatic carbocycles. The van der Waals surface area contributed by atoms with Crippen molar-refractivity contribution < 1.29 is 14.3 Å². The number of ether oxygens (including phenoxy) is 1. The molecule has 0 radical (unpaired) electrons. The number of halogens is 1. The molecule has 0 unspecified atom stereocenters. The molecular weight excluding hydrogens is 316 g/mol. The lowest BCUT2D eigenvalue weighted by molar-refractivity contribution is 0.0843. The van der Waals surface area contributed by atoms with Crippen LogP contribution in [-0.2, 0) is 0 Å². The second-order valence-corrected chi connectivity index (χ2v) is 5.31. The van der Waals surface area contributed by atoms with Crippen molar-refractivity contribution in [2.75, 3.05) is 6.61 Å². The summed E-state index contributed by atoms with van der Waals surface area (Å²) in [6.45, 7) is -0.208. The largest absolute Gasteiger partial charge is 0.482 e. The Kier molecular flexibility index (Phi) is 4.04. The third-order valence-electron chi connectivity index (χ3n) is 3.43. The van der Waals surface area contributed by atoms with Crippen molar-refractivity contribution in [3.8, 4) is 5.75 Å². The van der Waals surface area contributed by atoms with Crippen molar-refractivity contribution in [3.63, 3.8) is 0 Å². The van der Waals surface area contributed by atoms with Gasteiger partial charge in [-0.25, -0.2) is 0 Å². The Morgan fingerprint density at radius 2 is 1.78 bits per heavy atom. The minimum atomic E-state index is -0.584. The molecule has 3 rings (SSSR count). The minimum Gasteiger partial charge on any atom is -0.482 e. The van der Waals surface area contributed by atoms with Crippen molar-refractivity contribution >= 4 is 34.3 Å². The van der Waals surface area contributed by atoms with Gasteiger partial charge in [0.2, 0.25) is 0 Å². The molecular formula is C17H13ClN2O3. The smallest absolute Gasteiger partial charge is 0.269 e. The molecule has 0 saturated heterocycles. The highest BCUT2D eigenvalue weighted by molar-refractivity contribution is 6.32. The first-order valence-corrected chi connectivity index (χ1v) is 7.26. The van der Waals surface area contributed by atoms with Crippen LogP contribution in [0.15, 0.2) is 54.7 Å². The van der Waals surface area contributed by atoms with Crippen LogP contribution < -0.4 is 10.5 Å². The maximum Gasteiger partial charge on any atom is 0.269 e. The van der Waals surface area contributed by atoms with E-state index in [2.05, 4.69) is 0 Å². The van der Waals surface area contributed by atoms with E-state index in [9.17, 15) is 9.59 Å². The fourth-order valence-electron chi connectivity index (χ4n) is 2.35. The predicted molar refractivity (Wildman–Crippen MR) is 88.0 cm³/mol. The number of aromatic nitrogens is 1. The zero-order valence-electron chi connectivity index (χ0n) is 12.0. The molecule has 0 bridgehead atoms. The lowest BCUT2D eigenvalue weighted by Crippen LogP contribution is -2.19. The Labute approximate surface area is 137 Å². The second kappa shape index (κ2) is 6.14. The summed E-state index contributed by atoms with van der Waals surface area (Å²) in [4.78, 5) is 23.9. The lowest BCUT2D eigenvalue weighted by atomic mass is 10.2. The molecule has 1 amide bonds. The summed E-state index contributed by atoms with van der Waals surface area (Å²) in [5.74, 6) is -0.484. The molecule has 0 aliphatic heterocycles. The molecule has 2 N–H and O–H groups in total. The molecule has 6 heteroatoms. The monoisotopic (exact) mass is 328 g/mol. The number of nitrogens with two attached hydrogens (primary N) is 1. The number of carbonyl (C=O) groups is 2. The van der Waals surface area contributed by atoms with E-state index in [1.807, 2.05) is 0 Å². The number of hydrogen-bond donors (Lipinski definition) is 1. The summed E-state index contributed by atoms with van der Waals surface area (Å²) in [5, 5.41) is 1.06. The fraction of sp³-hybridized carbons (Fsp3) is 0.0588. The fourth-order valence-corrected chi connectivity index (χ4v) is 2.54. The summed E-state index contributed by atoms with van der Waals surface area (Å²) in [5.41, 5.74) is 6.27. The highest BCUT2D eigenvalue weighted by Crippen LogP contribution is 2.24. The van der Waals surface area contributed by atoms with E-state index in [1.54, 1.807) is 48.5 Å². The average molecular weight is 329 g/mol. The number of primary amides is 1. The highest BCUT2D eigenvalue weighted by Gasteiger charge is 2.17. The molecule has 0 aliphatic carbocycles. The van der Waals surface area contributed by atoms with Crippen LogP contribution >= 0.6 is 11.6 Å². The summed E-state index contributed by atoms with van der Waals surface area (Å²) < 4.78 is 6.82. The third kappa shape index (κ3) is 2.91. The molecule has 0 saturated carbocycles. The highest BCUT2D eigenvalue weighted by atomic mass is 35.5. The van der Waals surface area contributed by atoms with Gasteiger partial charge in [0.1, 0.15) is 5.75 Å². The maximum atomic E-state index is 12.4. The zero-order valence-corrected chi connectivity index (χ0v) is 12.8. The van der Waals surface area contributed by atoms with Crippen LogP contribution in [0.2, 0.25) is 5.02 Å². The average Bonchev–Trinajstić information content (AvgIpc) is 2.94. The van der Waals surface area contributed by atoms with E-state index in [-0.39, 0.29) is 12.5 Å². The van der Waals surface area contributed by atoms with Crippen LogP contribution in [0, 0.1) is 0 Å². The Morgan fingerprint density at radius 1 is 1.09 bits per heavy atom. The molecule has 0 fully saturated rings. The first-order valence-electron chi connectivity index (χ1n) is 6.88. The molecule has 1 aromatic heterocycles. The maximum absolute atomic E-state index is 12.4. The molecule has 3 aromatic rings. The van der Waals surface area contributed by atoms with Crippen molar-refractivity contribution in [2.45, 2.75) is 0 Å². The molecule has 23 heavy (non-hydrogen) atoms. The van der Waals surface area contributed by atoms with E-state index in [0.29, 0.717) is 27.2 Å². The summed E-state index contributed by atoms with van der Waals surface area (Å²) >= 11 is 5.99. The molecule has 0 spiro atoms. The number of carbonyl (C=O) groups excluding carboxylic acids is 2. The Morgan fingerprint density at radius 3 is 2.52 bits per heavy atom. The van der Waals surface area contributed by atoms with Gasteiger partial charge in [0.15, 0.2) is 6.61 Å². The molecule has 0 atom stereocenters. The van der Waals surface area contributed by atoms with Gasteiger partial charge in [0.25, 0.3) is 11.8 Å². The summed E-state index contributed by atoms with van der Waals surface area (Å²) in [6.07, 6.45) is 1.44. The van der Waals surface area contributed by atoms with Crippen molar-refractivity contribution in [1.29, 1.82) is 0 Å². The first kappa shape index (κ1) is 15.1. The van der Waals surface area contributed by atoms with Crippen molar-refractivity contribution in [3.05, 3.63) is 65.3 Å². The quantitative estimate of drug-likeness (QED) is 0.799. The normalized spacial score (nSPS) is 10.7. The molecule has 0 aliphatic rings. The van der Waals surface area contributed by atoms with Gasteiger partial charge in [-0.15, -0.1) is 0 Å². The number of nitrogens with zero attached hydrogens (tertiary/aromatic N) is 1. The van der Waals surface area contributed by atoms with Crippen LogP contribution in [0.1, 0.15) is 15.2 Å². The van der Waals surface area contributed by atoms with Crippen LogP contribution in [0.3, 0.4) is 0 Å². The van der Waals surface area contributed by atoms with E-state index in [4.69, 9.17) is 22.1 Å². The van der Waals surface area contributed by atoms with Crippen molar-refractivity contribution in [1.82, 2.24) is 4.57 Å². The number of rotatable bonds is 4. The number of amides is 1. The predicted octanol–water partition coefficient (Wildman–Crippen LogP) is 3.11. The molecule has 1 heterocycles. The van der Waals surface area contributed by atoms with E-state index in [0.717, 1.165) is 0 Å². The Bertz CT molecular complexity index is 902. The van der Waals surface area contributed by atoms with Crippen molar-refractivity contribution in [2.24, 2.45) is 5.73 Å². The van der Waals surface area contributed by atoms with Gasteiger partial charge in [-0.3, -0.25) is 14.2 Å². The van der Waals surface area contributed by atoms with Crippen LogP contribution in [-0.4, -0.2) is 23.0 Å². The van der Waals surface area contributed by atoms with Crippen LogP contribution in [0.4, 0.5) is 0 Å². The van der Waals surface area contributed by atoms with Gasteiger partial charge in [-0.2, -0.15) is 0 Å². The molecule has 5 nitrogen and oxygen atoms in total. The lowest BCUT2D eigenvalue weighted by Gasteiger charge is -2.08. The minimum absolute atomic E-state index is 0.208. The van der Waals surface area contributed by atoms with E-state index in [1.165, 1.54) is 10.8 Å². The van der Waals surface area contributed by atoms with Gasteiger partial charge in [0, 0.05) is 11.6 Å². The Balaban J connectivity index is 1.90. The summed E-state index contributed by atoms with van der Waals surface area (Å²) in [7, 11) is 0. The van der Waals surface area contributed by atoms with Gasteiger partial charge >= 0.3 is 0 Å². The number of fused-ring (bicyclic) bond motifs is 1. The second-order valence-electron chi connectivity index (χ2n) is 4.91. The van der Waals surface area contributed by atoms with Gasteiger partial charge in [-0.05, 0) is 18.2 Å². The Hall–Kier alpha value is -2.79. The SMILES string of the molecule is NC(=O)c1cn(C(=O)COc2ccccc2Cl)c2ccccc12. The third-order valence-corrected chi connectivity index (χ3v) is 3.75. The number of benzene rings is 2. The first-order chi connectivity index (χ1) is 11.1. The van der Waals surface area contributed by atoms with E-state index >= 15 is 0 Å².